The number of carbonyl (C=O) groups is 1. The summed E-state index contributed by atoms with van der Waals surface area (Å²) >= 11 is 0. The van der Waals surface area contributed by atoms with Crippen LogP contribution >= 0.6 is 0 Å². The fourth-order valence-electron chi connectivity index (χ4n) is 3.63. The summed E-state index contributed by atoms with van der Waals surface area (Å²) in [5.41, 5.74) is 1.45. The zero-order valence-corrected chi connectivity index (χ0v) is 11.9. The molecule has 0 aromatic heterocycles. The van der Waals surface area contributed by atoms with Gasteiger partial charge in [-0.2, -0.15) is 0 Å². The van der Waals surface area contributed by atoms with E-state index in [1.807, 2.05) is 0 Å². The molecule has 0 amide bonds. The van der Waals surface area contributed by atoms with Crippen LogP contribution in [0.1, 0.15) is 31.7 Å². The molecule has 3 unspecified atom stereocenters. The maximum Gasteiger partial charge on any atom is 0.290 e. The van der Waals surface area contributed by atoms with E-state index in [9.17, 15) is 0 Å². The summed E-state index contributed by atoms with van der Waals surface area (Å²) in [4.78, 5) is 8.36. The smallest absolute Gasteiger partial charge is 0.290 e. The van der Waals surface area contributed by atoms with Crippen LogP contribution in [0.2, 0.25) is 0 Å². The molecule has 1 aliphatic heterocycles. The lowest BCUT2D eigenvalue weighted by Crippen LogP contribution is -2.62. The summed E-state index contributed by atoms with van der Waals surface area (Å²) in [6, 6.07) is 10.9. The van der Waals surface area contributed by atoms with E-state index in [0.717, 1.165) is 13.2 Å². The molecule has 1 aromatic carbocycles. The first kappa shape index (κ1) is 15.0. The van der Waals surface area contributed by atoms with Gasteiger partial charge in [-0.25, -0.2) is 0 Å². The molecule has 1 aliphatic carbocycles. The van der Waals surface area contributed by atoms with E-state index in [4.69, 9.17) is 14.6 Å². The number of rotatable bonds is 1. The molecule has 2 N–H and O–H groups in total. The third kappa shape index (κ3) is 2.72. The van der Waals surface area contributed by atoms with Gasteiger partial charge in [0.05, 0.1) is 18.2 Å². The van der Waals surface area contributed by atoms with E-state index in [2.05, 4.69) is 42.6 Å². The lowest BCUT2D eigenvalue weighted by atomic mass is 9.67. The summed E-state index contributed by atoms with van der Waals surface area (Å²) in [5.74, 6) is 0.643. The number of hydrogen-bond donors (Lipinski definition) is 2. The van der Waals surface area contributed by atoms with Gasteiger partial charge in [-0.05, 0) is 24.3 Å². The zero-order valence-electron chi connectivity index (χ0n) is 11.9. The second kappa shape index (κ2) is 6.86. The Kier molecular flexibility index (Phi) is 5.15. The standard InChI is InChI=1S/C15H21NO.CH2O2/c1-12-6-5-9-14-15(12,16-10-11-17-14)13-7-3-2-4-8-13;2-1-3/h2-4,7-8,12,14,16H,5-6,9-11H2,1H3;1H,(H,2,3). The van der Waals surface area contributed by atoms with Crippen molar-refractivity contribution >= 4 is 6.47 Å². The number of fused-ring (bicyclic) bond motifs is 1. The summed E-state index contributed by atoms with van der Waals surface area (Å²) in [5, 5.41) is 10.7. The van der Waals surface area contributed by atoms with Crippen LogP contribution in [0.3, 0.4) is 0 Å². The Bertz CT molecular complexity index is 421. The number of hydrogen-bond acceptors (Lipinski definition) is 3. The first-order chi connectivity index (χ1) is 9.75. The van der Waals surface area contributed by atoms with Gasteiger partial charge in [0.1, 0.15) is 0 Å². The summed E-state index contributed by atoms with van der Waals surface area (Å²) < 4.78 is 6.05. The summed E-state index contributed by atoms with van der Waals surface area (Å²) in [7, 11) is 0. The average Bonchev–Trinajstić information content (AvgIpc) is 2.49. The summed E-state index contributed by atoms with van der Waals surface area (Å²) in [6.45, 7) is 3.93. The van der Waals surface area contributed by atoms with Crippen molar-refractivity contribution in [2.75, 3.05) is 13.2 Å². The first-order valence-corrected chi connectivity index (χ1v) is 7.25. The molecule has 0 radical (unpaired) electrons. The molecule has 0 spiro atoms. The van der Waals surface area contributed by atoms with Crippen LogP contribution in [0.5, 0.6) is 0 Å². The number of benzene rings is 1. The molecule has 1 saturated heterocycles. The van der Waals surface area contributed by atoms with Crippen LogP contribution in [0.4, 0.5) is 0 Å². The molecule has 0 bridgehead atoms. The van der Waals surface area contributed by atoms with Crippen molar-refractivity contribution in [3.63, 3.8) is 0 Å². The molecule has 2 aliphatic rings. The molecule has 4 nitrogen and oxygen atoms in total. The SMILES string of the molecule is CC1CCCC2OCCNC12c1ccccc1.O=CO. The van der Waals surface area contributed by atoms with Crippen LogP contribution in [0, 0.1) is 5.92 Å². The fraction of sp³-hybridized carbons (Fsp3) is 0.562. The molecule has 3 atom stereocenters. The fourth-order valence-corrected chi connectivity index (χ4v) is 3.63. The highest BCUT2D eigenvalue weighted by Gasteiger charge is 2.48. The third-order valence-electron chi connectivity index (χ3n) is 4.48. The Morgan fingerprint density at radius 3 is 2.75 bits per heavy atom. The molecular formula is C16H23NO3. The number of carboxylic acid groups (broad SMARTS) is 1. The van der Waals surface area contributed by atoms with Crippen molar-refractivity contribution in [1.82, 2.24) is 5.32 Å². The number of ether oxygens (including phenoxy) is 1. The maximum atomic E-state index is 8.36. The van der Waals surface area contributed by atoms with Crippen LogP contribution < -0.4 is 5.32 Å². The van der Waals surface area contributed by atoms with E-state index in [0.29, 0.717) is 12.0 Å². The van der Waals surface area contributed by atoms with E-state index < -0.39 is 0 Å². The lowest BCUT2D eigenvalue weighted by molar-refractivity contribution is -0.122. The van der Waals surface area contributed by atoms with Crippen molar-refractivity contribution in [2.24, 2.45) is 5.92 Å². The highest BCUT2D eigenvalue weighted by atomic mass is 16.5. The van der Waals surface area contributed by atoms with E-state index in [1.54, 1.807) is 0 Å². The second-order valence-electron chi connectivity index (χ2n) is 5.46. The topological polar surface area (TPSA) is 58.6 Å². The van der Waals surface area contributed by atoms with Gasteiger partial charge in [0.25, 0.3) is 6.47 Å². The Morgan fingerprint density at radius 1 is 1.35 bits per heavy atom. The zero-order chi connectivity index (χ0) is 14.4. The quantitative estimate of drug-likeness (QED) is 0.774. The van der Waals surface area contributed by atoms with Crippen molar-refractivity contribution in [3.8, 4) is 0 Å². The molecule has 2 fully saturated rings. The van der Waals surface area contributed by atoms with Crippen LogP contribution in [0.25, 0.3) is 0 Å². The monoisotopic (exact) mass is 277 g/mol. The van der Waals surface area contributed by atoms with Gasteiger partial charge >= 0.3 is 0 Å². The highest BCUT2D eigenvalue weighted by molar-refractivity contribution is 5.32. The maximum absolute atomic E-state index is 8.36. The van der Waals surface area contributed by atoms with Crippen LogP contribution in [-0.4, -0.2) is 30.8 Å². The van der Waals surface area contributed by atoms with E-state index in [1.165, 1.54) is 24.8 Å². The second-order valence-corrected chi connectivity index (χ2v) is 5.46. The molecular weight excluding hydrogens is 254 g/mol. The third-order valence-corrected chi connectivity index (χ3v) is 4.48. The normalized spacial score (nSPS) is 32.5. The van der Waals surface area contributed by atoms with Crippen LogP contribution in [0.15, 0.2) is 30.3 Å². The molecule has 1 saturated carbocycles. The van der Waals surface area contributed by atoms with Gasteiger partial charge < -0.3 is 15.2 Å². The van der Waals surface area contributed by atoms with Gasteiger partial charge in [0.15, 0.2) is 0 Å². The largest absolute Gasteiger partial charge is 0.483 e. The van der Waals surface area contributed by atoms with E-state index >= 15 is 0 Å². The van der Waals surface area contributed by atoms with Crippen molar-refractivity contribution < 1.29 is 14.6 Å². The molecule has 1 aromatic rings. The number of nitrogens with one attached hydrogen (secondary N) is 1. The molecule has 3 rings (SSSR count). The Morgan fingerprint density at radius 2 is 2.05 bits per heavy atom. The van der Waals surface area contributed by atoms with Crippen molar-refractivity contribution in [2.45, 2.75) is 37.8 Å². The summed E-state index contributed by atoms with van der Waals surface area (Å²) in [6.07, 6.45) is 4.12. The number of morpholine rings is 1. The first-order valence-electron chi connectivity index (χ1n) is 7.25. The average molecular weight is 277 g/mol. The predicted molar refractivity (Wildman–Crippen MR) is 77.6 cm³/mol. The minimum absolute atomic E-state index is 0.0533. The Hall–Kier alpha value is -1.39. The lowest BCUT2D eigenvalue weighted by Gasteiger charge is -2.52. The molecule has 110 valence electrons. The highest BCUT2D eigenvalue weighted by Crippen LogP contribution is 2.44. The van der Waals surface area contributed by atoms with Gasteiger partial charge in [0.2, 0.25) is 0 Å². The minimum Gasteiger partial charge on any atom is -0.483 e. The predicted octanol–water partition coefficient (Wildman–Crippen LogP) is 2.39. The van der Waals surface area contributed by atoms with Crippen molar-refractivity contribution in [1.29, 1.82) is 0 Å². The molecule has 1 heterocycles. The van der Waals surface area contributed by atoms with Gasteiger partial charge in [-0.1, -0.05) is 43.7 Å². The molecule has 4 heteroatoms. The van der Waals surface area contributed by atoms with E-state index in [-0.39, 0.29) is 12.0 Å². The van der Waals surface area contributed by atoms with Crippen molar-refractivity contribution in [3.05, 3.63) is 35.9 Å². The molecule has 20 heavy (non-hydrogen) atoms. The van der Waals surface area contributed by atoms with Crippen LogP contribution in [-0.2, 0) is 15.1 Å². The minimum atomic E-state index is -0.250. The Balaban J connectivity index is 0.000000452. The van der Waals surface area contributed by atoms with Gasteiger partial charge in [-0.3, -0.25) is 4.79 Å². The van der Waals surface area contributed by atoms with Gasteiger partial charge in [-0.15, -0.1) is 0 Å². The Labute approximate surface area is 120 Å². The van der Waals surface area contributed by atoms with Gasteiger partial charge in [0, 0.05) is 6.54 Å².